The highest BCUT2D eigenvalue weighted by atomic mass is 32.2. The zero-order chi connectivity index (χ0) is 20.3. The molecule has 0 unspecified atom stereocenters. The van der Waals surface area contributed by atoms with Gasteiger partial charge in [0.05, 0.1) is 16.2 Å². The van der Waals surface area contributed by atoms with E-state index in [4.69, 9.17) is 4.98 Å². The second-order valence-electron chi connectivity index (χ2n) is 7.57. The lowest BCUT2D eigenvalue weighted by Crippen LogP contribution is -2.27. The van der Waals surface area contributed by atoms with E-state index < -0.39 is 9.84 Å². The Labute approximate surface area is 171 Å². The first-order valence-electron chi connectivity index (χ1n) is 10.1. The van der Waals surface area contributed by atoms with Crippen molar-refractivity contribution in [1.82, 2.24) is 9.97 Å². The van der Waals surface area contributed by atoms with Crippen LogP contribution in [0, 0.1) is 0 Å². The third kappa shape index (κ3) is 4.50. The van der Waals surface area contributed by atoms with Crippen molar-refractivity contribution in [3.8, 4) is 0 Å². The van der Waals surface area contributed by atoms with E-state index >= 15 is 0 Å². The molecule has 1 saturated carbocycles. The lowest BCUT2D eigenvalue weighted by atomic mass is 10.2. The smallest absolute Gasteiger partial charge is 0.227 e. The van der Waals surface area contributed by atoms with Crippen LogP contribution in [-0.4, -0.2) is 43.8 Å². The van der Waals surface area contributed by atoms with Crippen molar-refractivity contribution in [1.29, 1.82) is 0 Å². The summed E-state index contributed by atoms with van der Waals surface area (Å²) in [6.45, 7) is 0.318. The fourth-order valence-corrected chi connectivity index (χ4v) is 5.03. The van der Waals surface area contributed by atoms with Crippen LogP contribution in [0.2, 0.25) is 0 Å². The van der Waals surface area contributed by atoms with Crippen molar-refractivity contribution >= 4 is 32.5 Å². The number of hydrogen-bond donors (Lipinski definition) is 1. The highest BCUT2D eigenvalue weighted by Crippen LogP contribution is 2.27. The number of nitrogens with one attached hydrogen (secondary N) is 1. The van der Waals surface area contributed by atoms with Crippen LogP contribution in [0.5, 0.6) is 0 Å². The summed E-state index contributed by atoms with van der Waals surface area (Å²) in [6, 6.07) is 16.9. The molecule has 0 saturated heterocycles. The van der Waals surface area contributed by atoms with E-state index in [1.165, 1.54) is 12.8 Å². The Hall–Kier alpha value is -2.67. The summed E-state index contributed by atoms with van der Waals surface area (Å²) < 4.78 is 25.2. The molecule has 7 heteroatoms. The Bertz CT molecular complexity index is 1080. The van der Waals surface area contributed by atoms with E-state index in [0.29, 0.717) is 23.4 Å². The van der Waals surface area contributed by atoms with Gasteiger partial charge in [-0.05, 0) is 37.1 Å². The van der Waals surface area contributed by atoms with Crippen LogP contribution in [0.25, 0.3) is 10.9 Å². The first-order valence-corrected chi connectivity index (χ1v) is 11.7. The fraction of sp³-hybridized carbons (Fsp3) is 0.364. The SMILES string of the molecule is CN(CCS(=O)(=O)c1ccccc1)c1nc(NC2CCCC2)c2ccccc2n1. The van der Waals surface area contributed by atoms with E-state index in [1.807, 2.05) is 42.3 Å². The standard InChI is InChI=1S/C22H26N4O2S/c1-26(15-16-29(27,28)18-11-3-2-4-12-18)22-24-20-14-8-7-13-19(20)21(25-22)23-17-9-5-6-10-17/h2-4,7-8,11-14,17H,5-6,9-10,15-16H2,1H3,(H,23,24,25). The first-order chi connectivity index (χ1) is 14.0. The number of benzene rings is 2. The molecule has 0 spiro atoms. The Morgan fingerprint density at radius 3 is 2.45 bits per heavy atom. The number of nitrogens with zero attached hydrogens (tertiary/aromatic N) is 3. The van der Waals surface area contributed by atoms with Gasteiger partial charge in [0.15, 0.2) is 9.84 Å². The normalized spacial score (nSPS) is 14.9. The molecular formula is C22H26N4O2S. The van der Waals surface area contributed by atoms with E-state index in [0.717, 1.165) is 29.6 Å². The number of fused-ring (bicyclic) bond motifs is 1. The van der Waals surface area contributed by atoms with Crippen molar-refractivity contribution in [2.24, 2.45) is 0 Å². The lowest BCUT2D eigenvalue weighted by molar-refractivity contribution is 0.595. The van der Waals surface area contributed by atoms with E-state index in [-0.39, 0.29) is 5.75 Å². The fourth-order valence-electron chi connectivity index (χ4n) is 3.71. The molecule has 4 rings (SSSR count). The van der Waals surface area contributed by atoms with E-state index in [2.05, 4.69) is 10.3 Å². The molecule has 1 aliphatic rings. The Morgan fingerprint density at radius 2 is 1.69 bits per heavy atom. The molecule has 2 aromatic carbocycles. The lowest BCUT2D eigenvalue weighted by Gasteiger charge is -2.20. The van der Waals surface area contributed by atoms with Crippen LogP contribution in [0.4, 0.5) is 11.8 Å². The molecule has 3 aromatic rings. The van der Waals surface area contributed by atoms with Gasteiger partial charge in [0.25, 0.3) is 0 Å². The van der Waals surface area contributed by atoms with Gasteiger partial charge in [0, 0.05) is 25.0 Å². The van der Waals surface area contributed by atoms with Gasteiger partial charge in [-0.25, -0.2) is 13.4 Å². The van der Waals surface area contributed by atoms with E-state index in [1.54, 1.807) is 24.3 Å². The van der Waals surface area contributed by atoms with Gasteiger partial charge in [0.1, 0.15) is 5.82 Å². The molecule has 6 nitrogen and oxygen atoms in total. The Kier molecular flexibility index (Phi) is 5.67. The summed E-state index contributed by atoms with van der Waals surface area (Å²) >= 11 is 0. The molecule has 0 radical (unpaired) electrons. The zero-order valence-corrected chi connectivity index (χ0v) is 17.4. The van der Waals surface area contributed by atoms with E-state index in [9.17, 15) is 8.42 Å². The second kappa shape index (κ2) is 8.37. The minimum Gasteiger partial charge on any atom is -0.367 e. The molecule has 1 fully saturated rings. The van der Waals surface area contributed by atoms with Gasteiger partial charge < -0.3 is 10.2 Å². The summed E-state index contributed by atoms with van der Waals surface area (Å²) in [7, 11) is -1.51. The quantitative estimate of drug-likeness (QED) is 0.637. The second-order valence-corrected chi connectivity index (χ2v) is 9.68. The predicted molar refractivity (Wildman–Crippen MR) is 117 cm³/mol. The van der Waals surface area contributed by atoms with Crippen LogP contribution in [0.1, 0.15) is 25.7 Å². The number of aromatic nitrogens is 2. The molecule has 1 N–H and O–H groups in total. The van der Waals surface area contributed by atoms with Crippen molar-refractivity contribution in [3.05, 3.63) is 54.6 Å². The number of anilines is 2. The van der Waals surface area contributed by atoms with Gasteiger partial charge in [-0.15, -0.1) is 0 Å². The molecule has 0 bridgehead atoms. The molecule has 0 atom stereocenters. The minimum absolute atomic E-state index is 0.00901. The summed E-state index contributed by atoms with van der Waals surface area (Å²) in [4.78, 5) is 11.6. The third-order valence-corrected chi connectivity index (χ3v) is 7.14. The van der Waals surface area contributed by atoms with Crippen LogP contribution >= 0.6 is 0 Å². The van der Waals surface area contributed by atoms with Crippen molar-refractivity contribution in [2.75, 3.05) is 29.6 Å². The number of rotatable bonds is 7. The van der Waals surface area contributed by atoms with Crippen LogP contribution in [-0.2, 0) is 9.84 Å². The summed E-state index contributed by atoms with van der Waals surface area (Å²) in [5.74, 6) is 1.37. The molecule has 0 aliphatic heterocycles. The number of hydrogen-bond acceptors (Lipinski definition) is 6. The molecule has 152 valence electrons. The summed E-state index contributed by atoms with van der Waals surface area (Å²) in [5.41, 5.74) is 0.857. The predicted octanol–water partition coefficient (Wildman–Crippen LogP) is 3.89. The Morgan fingerprint density at radius 1 is 1.00 bits per heavy atom. The van der Waals surface area contributed by atoms with Crippen molar-refractivity contribution < 1.29 is 8.42 Å². The van der Waals surface area contributed by atoms with Gasteiger partial charge >= 0.3 is 0 Å². The summed E-state index contributed by atoms with van der Waals surface area (Å²) in [5, 5.41) is 4.58. The van der Waals surface area contributed by atoms with Gasteiger partial charge in [-0.2, -0.15) is 4.98 Å². The Balaban J connectivity index is 1.56. The van der Waals surface area contributed by atoms with Crippen LogP contribution in [0.15, 0.2) is 59.5 Å². The largest absolute Gasteiger partial charge is 0.367 e. The number of sulfone groups is 1. The number of para-hydroxylation sites is 1. The average molecular weight is 411 g/mol. The topological polar surface area (TPSA) is 75.2 Å². The molecule has 1 aromatic heterocycles. The first kappa shape index (κ1) is 19.6. The maximum Gasteiger partial charge on any atom is 0.227 e. The highest BCUT2D eigenvalue weighted by molar-refractivity contribution is 7.91. The molecule has 1 heterocycles. The zero-order valence-electron chi connectivity index (χ0n) is 16.6. The molecule has 0 amide bonds. The minimum atomic E-state index is -3.35. The van der Waals surface area contributed by atoms with Crippen molar-refractivity contribution in [2.45, 2.75) is 36.6 Å². The molecule has 29 heavy (non-hydrogen) atoms. The van der Waals surface area contributed by atoms with Crippen molar-refractivity contribution in [3.63, 3.8) is 0 Å². The van der Waals surface area contributed by atoms with Crippen LogP contribution < -0.4 is 10.2 Å². The molecular weight excluding hydrogens is 384 g/mol. The van der Waals surface area contributed by atoms with Gasteiger partial charge in [0.2, 0.25) is 5.95 Å². The molecule has 1 aliphatic carbocycles. The summed E-state index contributed by atoms with van der Waals surface area (Å²) in [6.07, 6.45) is 4.78. The third-order valence-electron chi connectivity index (χ3n) is 5.43. The monoisotopic (exact) mass is 410 g/mol. The van der Waals surface area contributed by atoms with Gasteiger partial charge in [-0.1, -0.05) is 43.2 Å². The maximum atomic E-state index is 12.6. The van der Waals surface area contributed by atoms with Crippen LogP contribution in [0.3, 0.4) is 0 Å². The highest BCUT2D eigenvalue weighted by Gasteiger charge is 2.19. The van der Waals surface area contributed by atoms with Gasteiger partial charge in [-0.3, -0.25) is 0 Å². The maximum absolute atomic E-state index is 12.6. The average Bonchev–Trinajstić information content (AvgIpc) is 3.26.